The Morgan fingerprint density at radius 2 is 1.52 bits per heavy atom. The van der Waals surface area contributed by atoms with Crippen LogP contribution in [0.25, 0.3) is 5.69 Å². The van der Waals surface area contributed by atoms with Gasteiger partial charge in [0.05, 0.1) is 18.0 Å². The molecule has 0 aliphatic carbocycles. The molecule has 0 radical (unpaired) electrons. The first-order valence-corrected chi connectivity index (χ1v) is 10.5. The van der Waals surface area contributed by atoms with Gasteiger partial charge in [0.1, 0.15) is 0 Å². The molecule has 3 aromatic rings. The summed E-state index contributed by atoms with van der Waals surface area (Å²) in [5, 5.41) is 4.75. The molecule has 0 spiro atoms. The molecule has 5 heteroatoms. The molecular formula is C24H30N4O. The van der Waals surface area contributed by atoms with Crippen molar-refractivity contribution >= 4 is 5.69 Å². The third kappa shape index (κ3) is 5.05. The predicted molar refractivity (Wildman–Crippen MR) is 118 cm³/mol. The smallest absolute Gasteiger partial charge is 0.0902 e. The summed E-state index contributed by atoms with van der Waals surface area (Å²) in [4.78, 5) is 5.07. The molecule has 0 saturated carbocycles. The number of hydrogen-bond acceptors (Lipinski definition) is 4. The van der Waals surface area contributed by atoms with E-state index in [2.05, 4.69) is 75.1 Å². The number of benzene rings is 2. The number of para-hydroxylation sites is 2. The van der Waals surface area contributed by atoms with Crippen molar-refractivity contribution in [3.8, 4) is 5.69 Å². The van der Waals surface area contributed by atoms with Gasteiger partial charge in [-0.05, 0) is 49.7 Å². The minimum Gasteiger partial charge on any atom is -0.378 e. The lowest BCUT2D eigenvalue weighted by atomic mass is 10.2. The van der Waals surface area contributed by atoms with Crippen molar-refractivity contribution in [2.45, 2.75) is 19.4 Å². The van der Waals surface area contributed by atoms with E-state index in [9.17, 15) is 0 Å². The van der Waals surface area contributed by atoms with E-state index in [4.69, 9.17) is 9.84 Å². The SMILES string of the molecule is COCc1cc(CCCN2CCN(c3ccccc3)CC2)n(-c2ccccc2)n1. The third-order valence-corrected chi connectivity index (χ3v) is 5.53. The van der Waals surface area contributed by atoms with E-state index in [1.807, 2.05) is 6.07 Å². The molecule has 0 bridgehead atoms. The molecule has 4 rings (SSSR count). The molecule has 152 valence electrons. The molecule has 1 saturated heterocycles. The molecule has 5 nitrogen and oxygen atoms in total. The number of aryl methyl sites for hydroxylation is 1. The van der Waals surface area contributed by atoms with E-state index in [0.29, 0.717) is 6.61 Å². The molecule has 1 fully saturated rings. The van der Waals surface area contributed by atoms with Crippen LogP contribution in [-0.4, -0.2) is 54.5 Å². The normalized spacial score (nSPS) is 15.0. The Morgan fingerprint density at radius 3 is 2.17 bits per heavy atom. The summed E-state index contributed by atoms with van der Waals surface area (Å²) in [5.41, 5.74) is 4.69. The van der Waals surface area contributed by atoms with Gasteiger partial charge in [-0.15, -0.1) is 0 Å². The van der Waals surface area contributed by atoms with Crippen molar-refractivity contribution < 1.29 is 4.74 Å². The monoisotopic (exact) mass is 390 g/mol. The third-order valence-electron chi connectivity index (χ3n) is 5.53. The fourth-order valence-corrected chi connectivity index (χ4v) is 4.02. The molecule has 2 aromatic carbocycles. The zero-order chi connectivity index (χ0) is 19.9. The first-order valence-electron chi connectivity index (χ1n) is 10.5. The average molecular weight is 391 g/mol. The van der Waals surface area contributed by atoms with Gasteiger partial charge in [0.25, 0.3) is 0 Å². The molecule has 1 aliphatic heterocycles. The maximum absolute atomic E-state index is 5.29. The molecule has 29 heavy (non-hydrogen) atoms. The van der Waals surface area contributed by atoms with Crippen LogP contribution in [0.5, 0.6) is 0 Å². The van der Waals surface area contributed by atoms with Gasteiger partial charge in [0.2, 0.25) is 0 Å². The number of aromatic nitrogens is 2. The summed E-state index contributed by atoms with van der Waals surface area (Å²) in [6, 6.07) is 23.3. The van der Waals surface area contributed by atoms with Gasteiger partial charge >= 0.3 is 0 Å². The minimum absolute atomic E-state index is 0.550. The predicted octanol–water partition coefficient (Wildman–Crippen LogP) is 3.77. The first-order chi connectivity index (χ1) is 14.3. The Hall–Kier alpha value is -2.63. The summed E-state index contributed by atoms with van der Waals surface area (Å²) in [6.07, 6.45) is 2.15. The zero-order valence-electron chi connectivity index (χ0n) is 17.2. The number of nitrogens with zero attached hydrogens (tertiary/aromatic N) is 4. The molecular weight excluding hydrogens is 360 g/mol. The first kappa shape index (κ1) is 19.7. The van der Waals surface area contributed by atoms with Gasteiger partial charge in [0, 0.05) is 44.7 Å². The number of ether oxygens (including phenoxy) is 1. The number of rotatable bonds is 8. The van der Waals surface area contributed by atoms with Crippen LogP contribution in [-0.2, 0) is 17.8 Å². The summed E-state index contributed by atoms with van der Waals surface area (Å²) >= 11 is 0. The lowest BCUT2D eigenvalue weighted by molar-refractivity contribution is 0.181. The second kappa shape index (κ2) is 9.72. The zero-order valence-corrected chi connectivity index (χ0v) is 17.2. The number of piperazine rings is 1. The fraction of sp³-hybridized carbons (Fsp3) is 0.375. The minimum atomic E-state index is 0.550. The maximum Gasteiger partial charge on any atom is 0.0902 e. The van der Waals surface area contributed by atoms with Gasteiger partial charge in [0.15, 0.2) is 0 Å². The highest BCUT2D eigenvalue weighted by Crippen LogP contribution is 2.17. The second-order valence-corrected chi connectivity index (χ2v) is 7.58. The Morgan fingerprint density at radius 1 is 0.862 bits per heavy atom. The highest BCUT2D eigenvalue weighted by molar-refractivity contribution is 5.46. The van der Waals surface area contributed by atoms with E-state index in [1.165, 1.54) is 11.4 Å². The number of hydrogen-bond donors (Lipinski definition) is 0. The van der Waals surface area contributed by atoms with Gasteiger partial charge in [-0.2, -0.15) is 5.10 Å². The molecule has 0 amide bonds. The number of methoxy groups -OCH3 is 1. The van der Waals surface area contributed by atoms with Gasteiger partial charge < -0.3 is 9.64 Å². The lowest BCUT2D eigenvalue weighted by Crippen LogP contribution is -2.46. The van der Waals surface area contributed by atoms with Crippen molar-refractivity contribution in [3.05, 3.63) is 78.1 Å². The lowest BCUT2D eigenvalue weighted by Gasteiger charge is -2.36. The summed E-state index contributed by atoms with van der Waals surface area (Å²) in [6.45, 7) is 6.13. The largest absolute Gasteiger partial charge is 0.378 e. The Bertz CT molecular complexity index is 870. The van der Waals surface area contributed by atoms with Crippen molar-refractivity contribution in [2.75, 3.05) is 44.7 Å². The van der Waals surface area contributed by atoms with E-state index < -0.39 is 0 Å². The average Bonchev–Trinajstić information content (AvgIpc) is 3.18. The van der Waals surface area contributed by atoms with E-state index >= 15 is 0 Å². The van der Waals surface area contributed by atoms with Crippen LogP contribution < -0.4 is 4.90 Å². The van der Waals surface area contributed by atoms with Crippen LogP contribution in [0.4, 0.5) is 5.69 Å². The quantitative estimate of drug-likeness (QED) is 0.586. The van der Waals surface area contributed by atoms with Crippen LogP contribution in [0.15, 0.2) is 66.7 Å². The number of anilines is 1. The summed E-state index contributed by atoms with van der Waals surface area (Å²) in [7, 11) is 1.72. The second-order valence-electron chi connectivity index (χ2n) is 7.58. The summed E-state index contributed by atoms with van der Waals surface area (Å²) < 4.78 is 7.36. The standard InChI is InChI=1S/C24H30N4O/c1-29-20-21-19-24(28(25-21)23-11-6-3-7-12-23)13-8-14-26-15-17-27(18-16-26)22-9-4-2-5-10-22/h2-7,9-12,19H,8,13-18,20H2,1H3. The highest BCUT2D eigenvalue weighted by atomic mass is 16.5. The highest BCUT2D eigenvalue weighted by Gasteiger charge is 2.17. The maximum atomic E-state index is 5.29. The Balaban J connectivity index is 1.32. The van der Waals surface area contributed by atoms with Gasteiger partial charge in [-0.3, -0.25) is 4.90 Å². The topological polar surface area (TPSA) is 33.5 Å². The van der Waals surface area contributed by atoms with Crippen molar-refractivity contribution in [1.29, 1.82) is 0 Å². The van der Waals surface area contributed by atoms with Crippen LogP contribution in [0.1, 0.15) is 17.8 Å². The van der Waals surface area contributed by atoms with Crippen LogP contribution in [0, 0.1) is 0 Å². The summed E-state index contributed by atoms with van der Waals surface area (Å²) in [5.74, 6) is 0. The molecule has 2 heterocycles. The van der Waals surface area contributed by atoms with Crippen molar-refractivity contribution in [3.63, 3.8) is 0 Å². The van der Waals surface area contributed by atoms with Gasteiger partial charge in [-0.25, -0.2) is 4.68 Å². The van der Waals surface area contributed by atoms with E-state index in [0.717, 1.165) is 56.9 Å². The fourth-order valence-electron chi connectivity index (χ4n) is 4.02. The molecule has 0 unspecified atom stereocenters. The molecule has 0 atom stereocenters. The van der Waals surface area contributed by atoms with Gasteiger partial charge in [-0.1, -0.05) is 36.4 Å². The Kier molecular flexibility index (Phi) is 6.60. The van der Waals surface area contributed by atoms with E-state index in [1.54, 1.807) is 7.11 Å². The van der Waals surface area contributed by atoms with Crippen LogP contribution in [0.3, 0.4) is 0 Å². The molecule has 0 N–H and O–H groups in total. The van der Waals surface area contributed by atoms with E-state index in [-0.39, 0.29) is 0 Å². The molecule has 1 aliphatic rings. The van der Waals surface area contributed by atoms with Crippen LogP contribution >= 0.6 is 0 Å². The Labute approximate surface area is 173 Å². The van der Waals surface area contributed by atoms with Crippen LogP contribution in [0.2, 0.25) is 0 Å². The van der Waals surface area contributed by atoms with Crippen molar-refractivity contribution in [1.82, 2.24) is 14.7 Å². The molecule has 1 aromatic heterocycles. The van der Waals surface area contributed by atoms with Crippen molar-refractivity contribution in [2.24, 2.45) is 0 Å².